The summed E-state index contributed by atoms with van der Waals surface area (Å²) in [5.41, 5.74) is 2.35. The molecule has 0 amide bonds. The Hall–Kier alpha value is -1.19. The Labute approximate surface area is 110 Å². The average Bonchev–Trinajstić information content (AvgIpc) is 2.39. The molecular formula is C14H15BrN2. The number of aromatic nitrogens is 1. The summed E-state index contributed by atoms with van der Waals surface area (Å²) >= 11 is 3.43. The molecular weight excluding hydrogens is 276 g/mol. The molecule has 0 fully saturated rings. The fraction of sp³-hybridized carbons (Fsp3) is 0.214. The van der Waals surface area contributed by atoms with Gasteiger partial charge in [-0.3, -0.25) is 4.98 Å². The number of rotatable bonds is 4. The lowest BCUT2D eigenvalue weighted by atomic mass is 10.2. The average molecular weight is 291 g/mol. The van der Waals surface area contributed by atoms with Crippen molar-refractivity contribution in [2.24, 2.45) is 0 Å². The van der Waals surface area contributed by atoms with Crippen LogP contribution in [0.2, 0.25) is 0 Å². The number of hydrogen-bond donors (Lipinski definition) is 1. The highest BCUT2D eigenvalue weighted by atomic mass is 79.9. The van der Waals surface area contributed by atoms with Crippen LogP contribution < -0.4 is 5.32 Å². The minimum absolute atomic E-state index is 0.264. The summed E-state index contributed by atoms with van der Waals surface area (Å²) in [6, 6.07) is 14.6. The van der Waals surface area contributed by atoms with Crippen LogP contribution in [0, 0.1) is 0 Å². The first-order valence-corrected chi connectivity index (χ1v) is 6.44. The van der Waals surface area contributed by atoms with Crippen molar-refractivity contribution in [1.82, 2.24) is 10.3 Å². The van der Waals surface area contributed by atoms with Crippen molar-refractivity contribution in [2.75, 3.05) is 0 Å². The van der Waals surface area contributed by atoms with Gasteiger partial charge >= 0.3 is 0 Å². The topological polar surface area (TPSA) is 24.9 Å². The molecule has 2 rings (SSSR count). The molecule has 1 aromatic heterocycles. The summed E-state index contributed by atoms with van der Waals surface area (Å²) in [7, 11) is 0. The number of nitrogens with zero attached hydrogens (tertiary/aromatic N) is 1. The molecule has 0 aliphatic heterocycles. The van der Waals surface area contributed by atoms with Gasteiger partial charge in [0, 0.05) is 23.3 Å². The van der Waals surface area contributed by atoms with E-state index in [2.05, 4.69) is 57.4 Å². The predicted molar refractivity (Wildman–Crippen MR) is 73.6 cm³/mol. The quantitative estimate of drug-likeness (QED) is 0.929. The van der Waals surface area contributed by atoms with Crippen LogP contribution in [0.1, 0.15) is 24.2 Å². The maximum absolute atomic E-state index is 4.34. The molecule has 2 aromatic rings. The van der Waals surface area contributed by atoms with Gasteiger partial charge in [0.1, 0.15) is 0 Å². The lowest BCUT2D eigenvalue weighted by Gasteiger charge is -2.13. The van der Waals surface area contributed by atoms with Crippen LogP contribution in [0.25, 0.3) is 0 Å². The Morgan fingerprint density at radius 3 is 2.59 bits per heavy atom. The summed E-state index contributed by atoms with van der Waals surface area (Å²) < 4.78 is 1.11. The minimum atomic E-state index is 0.264. The van der Waals surface area contributed by atoms with Crippen LogP contribution in [0.4, 0.5) is 0 Å². The smallest absolute Gasteiger partial charge is 0.0570 e. The number of pyridine rings is 1. The van der Waals surface area contributed by atoms with Crippen LogP contribution in [0.15, 0.2) is 53.1 Å². The summed E-state index contributed by atoms with van der Waals surface area (Å²) in [5.74, 6) is 0. The van der Waals surface area contributed by atoms with Crippen LogP contribution in [0.3, 0.4) is 0 Å². The van der Waals surface area contributed by atoms with Gasteiger partial charge in [-0.25, -0.2) is 0 Å². The molecule has 0 aliphatic rings. The molecule has 1 aromatic carbocycles. The van der Waals surface area contributed by atoms with Crippen molar-refractivity contribution < 1.29 is 0 Å². The van der Waals surface area contributed by atoms with Gasteiger partial charge in [0.25, 0.3) is 0 Å². The Morgan fingerprint density at radius 2 is 1.94 bits per heavy atom. The summed E-state index contributed by atoms with van der Waals surface area (Å²) in [4.78, 5) is 4.34. The first kappa shape index (κ1) is 12.3. The van der Waals surface area contributed by atoms with E-state index < -0.39 is 0 Å². The molecule has 0 spiro atoms. The highest BCUT2D eigenvalue weighted by Gasteiger charge is 2.04. The zero-order chi connectivity index (χ0) is 12.1. The Kier molecular flexibility index (Phi) is 4.29. The van der Waals surface area contributed by atoms with Crippen LogP contribution in [0.5, 0.6) is 0 Å². The van der Waals surface area contributed by atoms with Gasteiger partial charge < -0.3 is 5.32 Å². The Bertz CT molecular complexity index is 453. The van der Waals surface area contributed by atoms with Crippen molar-refractivity contribution in [1.29, 1.82) is 0 Å². The molecule has 3 heteroatoms. The van der Waals surface area contributed by atoms with E-state index in [1.54, 1.807) is 0 Å². The maximum atomic E-state index is 4.34. The molecule has 1 heterocycles. The van der Waals surface area contributed by atoms with Gasteiger partial charge in [-0.15, -0.1) is 0 Å². The third kappa shape index (κ3) is 3.65. The third-order valence-corrected chi connectivity index (χ3v) is 3.19. The fourth-order valence-electron chi connectivity index (χ4n) is 1.61. The van der Waals surface area contributed by atoms with Gasteiger partial charge in [-0.2, -0.15) is 0 Å². The van der Waals surface area contributed by atoms with Crippen molar-refractivity contribution in [3.63, 3.8) is 0 Å². The van der Waals surface area contributed by atoms with Crippen LogP contribution >= 0.6 is 15.9 Å². The standard InChI is InChI=1S/C14H15BrN2/c1-11(14-4-2-3-9-16-14)17-10-12-5-7-13(15)8-6-12/h2-9,11,17H,10H2,1H3. The zero-order valence-corrected chi connectivity index (χ0v) is 11.3. The van der Waals surface area contributed by atoms with E-state index in [0.717, 1.165) is 16.7 Å². The van der Waals surface area contributed by atoms with E-state index in [9.17, 15) is 0 Å². The molecule has 0 bridgehead atoms. The van der Waals surface area contributed by atoms with Crippen LogP contribution in [-0.4, -0.2) is 4.98 Å². The number of benzene rings is 1. The van der Waals surface area contributed by atoms with Gasteiger partial charge in [0.05, 0.1) is 5.69 Å². The molecule has 2 nitrogen and oxygen atoms in total. The first-order valence-electron chi connectivity index (χ1n) is 5.64. The largest absolute Gasteiger partial charge is 0.305 e. The van der Waals surface area contributed by atoms with Gasteiger partial charge in [-0.1, -0.05) is 34.1 Å². The van der Waals surface area contributed by atoms with E-state index in [1.165, 1.54) is 5.56 Å². The maximum Gasteiger partial charge on any atom is 0.0570 e. The van der Waals surface area contributed by atoms with Crippen molar-refractivity contribution in [3.8, 4) is 0 Å². The zero-order valence-electron chi connectivity index (χ0n) is 9.73. The second-order valence-corrected chi connectivity index (χ2v) is 4.90. The van der Waals surface area contributed by atoms with Gasteiger partial charge in [0.15, 0.2) is 0 Å². The lowest BCUT2D eigenvalue weighted by molar-refractivity contribution is 0.561. The normalized spacial score (nSPS) is 12.4. The van der Waals surface area contributed by atoms with Gasteiger partial charge in [-0.05, 0) is 36.8 Å². The number of hydrogen-bond acceptors (Lipinski definition) is 2. The van der Waals surface area contributed by atoms with E-state index in [4.69, 9.17) is 0 Å². The van der Waals surface area contributed by atoms with E-state index in [1.807, 2.05) is 24.4 Å². The number of nitrogens with one attached hydrogen (secondary N) is 1. The van der Waals surface area contributed by atoms with Crippen molar-refractivity contribution in [3.05, 3.63) is 64.4 Å². The van der Waals surface area contributed by atoms with Crippen molar-refractivity contribution in [2.45, 2.75) is 19.5 Å². The molecule has 88 valence electrons. The molecule has 0 aliphatic carbocycles. The summed E-state index contributed by atoms with van der Waals surface area (Å²) in [5, 5.41) is 3.46. The molecule has 17 heavy (non-hydrogen) atoms. The SMILES string of the molecule is CC(NCc1ccc(Br)cc1)c1ccccn1. The predicted octanol–water partition coefficient (Wildman–Crippen LogP) is 3.69. The second kappa shape index (κ2) is 5.94. The lowest BCUT2D eigenvalue weighted by Crippen LogP contribution is -2.18. The molecule has 0 saturated heterocycles. The monoisotopic (exact) mass is 290 g/mol. The molecule has 0 radical (unpaired) electrons. The van der Waals surface area contributed by atoms with E-state index >= 15 is 0 Å². The number of halogens is 1. The van der Waals surface area contributed by atoms with E-state index in [0.29, 0.717) is 0 Å². The highest BCUT2D eigenvalue weighted by Crippen LogP contribution is 2.12. The van der Waals surface area contributed by atoms with Crippen LogP contribution in [-0.2, 0) is 6.54 Å². The molecule has 1 N–H and O–H groups in total. The van der Waals surface area contributed by atoms with E-state index in [-0.39, 0.29) is 6.04 Å². The first-order chi connectivity index (χ1) is 8.25. The van der Waals surface area contributed by atoms with Gasteiger partial charge in [0.2, 0.25) is 0 Å². The molecule has 1 atom stereocenters. The molecule has 1 unspecified atom stereocenters. The minimum Gasteiger partial charge on any atom is -0.305 e. The summed E-state index contributed by atoms with van der Waals surface area (Å²) in [6.07, 6.45) is 1.83. The second-order valence-electron chi connectivity index (χ2n) is 3.98. The highest BCUT2D eigenvalue weighted by molar-refractivity contribution is 9.10. The van der Waals surface area contributed by atoms with Crippen molar-refractivity contribution >= 4 is 15.9 Å². The summed E-state index contributed by atoms with van der Waals surface area (Å²) in [6.45, 7) is 2.98. The fourth-order valence-corrected chi connectivity index (χ4v) is 1.87. The third-order valence-electron chi connectivity index (χ3n) is 2.66. The molecule has 0 saturated carbocycles. The Balaban J connectivity index is 1.92. The Morgan fingerprint density at radius 1 is 1.18 bits per heavy atom.